The van der Waals surface area contributed by atoms with Gasteiger partial charge in [-0.3, -0.25) is 9.78 Å². The van der Waals surface area contributed by atoms with E-state index < -0.39 is 0 Å². The Labute approximate surface area is 171 Å². The molecule has 1 aliphatic carbocycles. The van der Waals surface area contributed by atoms with E-state index in [0.29, 0.717) is 11.4 Å². The minimum Gasteiger partial charge on any atom is -0.348 e. The highest BCUT2D eigenvalue weighted by Gasteiger charge is 2.26. The van der Waals surface area contributed by atoms with E-state index in [0.717, 1.165) is 49.3 Å². The van der Waals surface area contributed by atoms with Crippen LogP contribution in [-0.2, 0) is 6.42 Å². The average molecular weight is 390 g/mol. The summed E-state index contributed by atoms with van der Waals surface area (Å²) in [5.74, 6) is 0.571. The van der Waals surface area contributed by atoms with E-state index in [4.69, 9.17) is 0 Å². The normalized spacial score (nSPS) is 19.1. The first kappa shape index (κ1) is 19.3. The molecule has 0 spiro atoms. The molecule has 6 nitrogen and oxygen atoms in total. The zero-order valence-corrected chi connectivity index (χ0v) is 17.0. The monoisotopic (exact) mass is 389 g/mol. The molecule has 1 amide bonds. The molecule has 3 aromatic rings. The minimum atomic E-state index is -0.165. The summed E-state index contributed by atoms with van der Waals surface area (Å²) in [5.41, 5.74) is 3.94. The first-order valence-corrected chi connectivity index (χ1v) is 10.4. The molecule has 1 aliphatic rings. The van der Waals surface area contributed by atoms with E-state index in [1.807, 2.05) is 24.3 Å². The van der Waals surface area contributed by atoms with Crippen LogP contribution in [0, 0.1) is 5.92 Å². The van der Waals surface area contributed by atoms with Crippen molar-refractivity contribution in [3.8, 4) is 16.9 Å². The van der Waals surface area contributed by atoms with E-state index >= 15 is 0 Å². The van der Waals surface area contributed by atoms with Crippen molar-refractivity contribution in [1.82, 2.24) is 25.3 Å². The lowest BCUT2D eigenvalue weighted by atomic mass is 9.87. The molecule has 1 fully saturated rings. The Morgan fingerprint density at radius 3 is 2.72 bits per heavy atom. The molecular formula is C23H27N5O. The van der Waals surface area contributed by atoms with Gasteiger partial charge in [0.05, 0.1) is 5.69 Å². The standard InChI is InChI=1S/C23H27N5O/c1-3-17-6-4-8-20(14-17)28-22(18-7-5-13-24-15-18)21(26-27-28)23(29)25-19-11-9-16(2)10-12-19/h4-8,13-16,19H,3,9-12H2,1-2H3,(H,25,29). The van der Waals surface area contributed by atoms with Crippen molar-refractivity contribution in [1.29, 1.82) is 0 Å². The Kier molecular flexibility index (Phi) is 5.69. The summed E-state index contributed by atoms with van der Waals surface area (Å²) in [6, 6.07) is 12.2. The lowest BCUT2D eigenvalue weighted by Crippen LogP contribution is -2.37. The van der Waals surface area contributed by atoms with Gasteiger partial charge in [0.1, 0.15) is 5.69 Å². The van der Waals surface area contributed by atoms with Gasteiger partial charge in [0, 0.05) is 24.0 Å². The lowest BCUT2D eigenvalue weighted by Gasteiger charge is -2.26. The Hall–Kier alpha value is -3.02. The first-order valence-electron chi connectivity index (χ1n) is 10.4. The molecule has 29 heavy (non-hydrogen) atoms. The highest BCUT2D eigenvalue weighted by Crippen LogP contribution is 2.27. The van der Waals surface area contributed by atoms with Crippen LogP contribution in [0.3, 0.4) is 0 Å². The maximum absolute atomic E-state index is 13.1. The third kappa shape index (κ3) is 4.21. The predicted octanol–water partition coefficient (Wildman–Crippen LogP) is 4.20. The molecule has 1 aromatic carbocycles. The molecule has 0 saturated heterocycles. The van der Waals surface area contributed by atoms with E-state index in [1.54, 1.807) is 17.1 Å². The van der Waals surface area contributed by atoms with Crippen LogP contribution >= 0.6 is 0 Å². The average Bonchev–Trinajstić information content (AvgIpc) is 3.21. The second-order valence-corrected chi connectivity index (χ2v) is 7.89. The van der Waals surface area contributed by atoms with Crippen molar-refractivity contribution in [3.05, 3.63) is 60.0 Å². The number of benzene rings is 1. The second-order valence-electron chi connectivity index (χ2n) is 7.89. The highest BCUT2D eigenvalue weighted by molar-refractivity contribution is 5.98. The SMILES string of the molecule is CCc1cccc(-n2nnc(C(=O)NC3CCC(C)CC3)c2-c2cccnc2)c1. The number of carbonyl (C=O) groups is 1. The Morgan fingerprint density at radius 2 is 2.00 bits per heavy atom. The fourth-order valence-electron chi connectivity index (χ4n) is 3.94. The van der Waals surface area contributed by atoms with Gasteiger partial charge in [-0.15, -0.1) is 5.10 Å². The van der Waals surface area contributed by atoms with Gasteiger partial charge >= 0.3 is 0 Å². The molecule has 0 aliphatic heterocycles. The number of nitrogens with zero attached hydrogens (tertiary/aromatic N) is 4. The zero-order chi connectivity index (χ0) is 20.2. The number of amides is 1. The van der Waals surface area contributed by atoms with Gasteiger partial charge in [-0.25, -0.2) is 4.68 Å². The Bertz CT molecular complexity index is 974. The number of carbonyl (C=O) groups excluding carboxylic acids is 1. The fraction of sp³-hybridized carbons (Fsp3) is 0.391. The van der Waals surface area contributed by atoms with Gasteiger partial charge in [0.15, 0.2) is 5.69 Å². The molecule has 150 valence electrons. The van der Waals surface area contributed by atoms with Crippen molar-refractivity contribution < 1.29 is 4.79 Å². The number of rotatable bonds is 5. The second kappa shape index (κ2) is 8.55. The summed E-state index contributed by atoms with van der Waals surface area (Å²) < 4.78 is 1.74. The summed E-state index contributed by atoms with van der Waals surface area (Å²) >= 11 is 0. The van der Waals surface area contributed by atoms with Gasteiger partial charge < -0.3 is 5.32 Å². The van der Waals surface area contributed by atoms with E-state index in [-0.39, 0.29) is 11.9 Å². The summed E-state index contributed by atoms with van der Waals surface area (Å²) in [5, 5.41) is 11.8. The maximum Gasteiger partial charge on any atom is 0.274 e. The molecule has 4 rings (SSSR count). The molecule has 0 bridgehead atoms. The number of aromatic nitrogens is 4. The molecule has 1 saturated carbocycles. The van der Waals surface area contributed by atoms with Crippen LogP contribution in [0.1, 0.15) is 55.6 Å². The molecule has 2 heterocycles. The fourth-order valence-corrected chi connectivity index (χ4v) is 3.94. The van der Waals surface area contributed by atoms with Crippen LogP contribution in [0.5, 0.6) is 0 Å². The first-order chi connectivity index (χ1) is 14.2. The van der Waals surface area contributed by atoms with Crippen LogP contribution < -0.4 is 5.32 Å². The van der Waals surface area contributed by atoms with Crippen LogP contribution in [0.4, 0.5) is 0 Å². The maximum atomic E-state index is 13.1. The van der Waals surface area contributed by atoms with E-state index in [1.165, 1.54) is 5.56 Å². The summed E-state index contributed by atoms with van der Waals surface area (Å²) in [4.78, 5) is 17.3. The molecule has 0 atom stereocenters. The van der Waals surface area contributed by atoms with Crippen molar-refractivity contribution in [2.75, 3.05) is 0 Å². The Morgan fingerprint density at radius 1 is 1.17 bits per heavy atom. The number of hydrogen-bond acceptors (Lipinski definition) is 4. The van der Waals surface area contributed by atoms with Gasteiger partial charge in [0.25, 0.3) is 5.91 Å². The summed E-state index contributed by atoms with van der Waals surface area (Å²) in [6.07, 6.45) is 8.73. The summed E-state index contributed by atoms with van der Waals surface area (Å²) in [7, 11) is 0. The van der Waals surface area contributed by atoms with Gasteiger partial charge in [-0.05, 0) is 67.9 Å². The molecular weight excluding hydrogens is 362 g/mol. The van der Waals surface area contributed by atoms with Gasteiger partial charge in [0.2, 0.25) is 0 Å². The molecule has 0 radical (unpaired) electrons. The smallest absolute Gasteiger partial charge is 0.274 e. The Balaban J connectivity index is 1.70. The van der Waals surface area contributed by atoms with E-state index in [9.17, 15) is 4.79 Å². The van der Waals surface area contributed by atoms with Crippen molar-refractivity contribution in [2.24, 2.45) is 5.92 Å². The summed E-state index contributed by atoms with van der Waals surface area (Å²) in [6.45, 7) is 4.39. The lowest BCUT2D eigenvalue weighted by molar-refractivity contribution is 0.0918. The largest absolute Gasteiger partial charge is 0.348 e. The quantitative estimate of drug-likeness (QED) is 0.710. The third-order valence-corrected chi connectivity index (χ3v) is 5.73. The number of aryl methyl sites for hydroxylation is 1. The van der Waals surface area contributed by atoms with Crippen molar-refractivity contribution >= 4 is 5.91 Å². The van der Waals surface area contributed by atoms with Gasteiger partial charge in [-0.2, -0.15) is 0 Å². The van der Waals surface area contributed by atoms with Gasteiger partial charge in [-0.1, -0.05) is 31.2 Å². The van der Waals surface area contributed by atoms with Crippen LogP contribution in [-0.4, -0.2) is 31.9 Å². The van der Waals surface area contributed by atoms with Crippen molar-refractivity contribution in [3.63, 3.8) is 0 Å². The minimum absolute atomic E-state index is 0.165. The molecule has 1 N–H and O–H groups in total. The molecule has 2 aromatic heterocycles. The topological polar surface area (TPSA) is 72.7 Å². The number of pyridine rings is 1. The number of nitrogens with one attached hydrogen (secondary N) is 1. The third-order valence-electron chi connectivity index (χ3n) is 5.73. The van der Waals surface area contributed by atoms with Crippen LogP contribution in [0.2, 0.25) is 0 Å². The van der Waals surface area contributed by atoms with Crippen LogP contribution in [0.15, 0.2) is 48.8 Å². The van der Waals surface area contributed by atoms with Crippen molar-refractivity contribution in [2.45, 2.75) is 52.0 Å². The molecule has 0 unspecified atom stereocenters. The highest BCUT2D eigenvalue weighted by atomic mass is 16.2. The van der Waals surface area contributed by atoms with E-state index in [2.05, 4.69) is 46.6 Å². The zero-order valence-electron chi connectivity index (χ0n) is 17.0. The number of hydrogen-bond donors (Lipinski definition) is 1. The molecule has 6 heteroatoms. The van der Waals surface area contributed by atoms with Crippen LogP contribution in [0.25, 0.3) is 16.9 Å². The predicted molar refractivity (Wildman–Crippen MR) is 113 cm³/mol.